The number of carbonyl (C=O) groups excluding carboxylic acids is 1. The van der Waals surface area contributed by atoms with Crippen LogP contribution in [0.25, 0.3) is 0 Å². The molecule has 2 saturated carbocycles. The molecule has 0 atom stereocenters. The van der Waals surface area contributed by atoms with Crippen LogP contribution in [-0.4, -0.2) is 39.6 Å². The molecule has 4 heteroatoms. The van der Waals surface area contributed by atoms with E-state index in [9.17, 15) is 9.90 Å². The first-order chi connectivity index (χ1) is 12.1. The fraction of sp³-hybridized carbons (Fsp3) is 0.727. The molecule has 4 nitrogen and oxygen atoms in total. The maximum absolute atomic E-state index is 12.4. The molecular weight excluding hydrogens is 324 g/mol. The van der Waals surface area contributed by atoms with Gasteiger partial charge < -0.3 is 10.0 Å². The number of hydrogen-bond donors (Lipinski definition) is 1. The van der Waals surface area contributed by atoms with Crippen molar-refractivity contribution >= 4 is 5.91 Å². The van der Waals surface area contributed by atoms with Crippen LogP contribution in [0.2, 0.25) is 0 Å². The lowest BCUT2D eigenvalue weighted by Gasteiger charge is -2.60. The van der Waals surface area contributed by atoms with Crippen molar-refractivity contribution in [2.75, 3.05) is 13.1 Å². The third-order valence-corrected chi connectivity index (χ3v) is 6.71. The van der Waals surface area contributed by atoms with Crippen molar-refractivity contribution in [3.63, 3.8) is 0 Å². The van der Waals surface area contributed by atoms with E-state index in [2.05, 4.69) is 37.9 Å². The van der Waals surface area contributed by atoms with Crippen LogP contribution in [0.15, 0.2) is 18.3 Å². The molecule has 1 aromatic rings. The van der Waals surface area contributed by atoms with E-state index in [4.69, 9.17) is 0 Å². The maximum Gasteiger partial charge on any atom is 0.225 e. The van der Waals surface area contributed by atoms with Gasteiger partial charge >= 0.3 is 0 Å². The largest absolute Gasteiger partial charge is 0.390 e. The molecule has 0 radical (unpaired) electrons. The lowest BCUT2D eigenvalue weighted by atomic mass is 9.56. The summed E-state index contributed by atoms with van der Waals surface area (Å²) in [6.45, 7) is 10.4. The van der Waals surface area contributed by atoms with E-state index < -0.39 is 5.60 Å². The second-order valence-corrected chi connectivity index (χ2v) is 10.6. The molecule has 1 spiro atoms. The van der Waals surface area contributed by atoms with Gasteiger partial charge in [-0.25, -0.2) is 0 Å². The van der Waals surface area contributed by atoms with Crippen LogP contribution in [-0.2, 0) is 16.6 Å². The van der Waals surface area contributed by atoms with Crippen LogP contribution in [0.5, 0.6) is 0 Å². The summed E-state index contributed by atoms with van der Waals surface area (Å²) in [5.41, 5.74) is 2.50. The molecule has 0 unspecified atom stereocenters. The highest BCUT2D eigenvalue weighted by atomic mass is 16.3. The number of nitrogens with zero attached hydrogens (tertiary/aromatic N) is 2. The van der Waals surface area contributed by atoms with Gasteiger partial charge in [-0.05, 0) is 68.1 Å². The zero-order chi connectivity index (χ0) is 18.7. The fourth-order valence-corrected chi connectivity index (χ4v) is 5.27. The Morgan fingerprint density at radius 3 is 2.50 bits per heavy atom. The minimum absolute atomic E-state index is 0.0579. The first kappa shape index (κ1) is 18.0. The van der Waals surface area contributed by atoms with Crippen molar-refractivity contribution in [1.29, 1.82) is 0 Å². The smallest absolute Gasteiger partial charge is 0.225 e. The second kappa shape index (κ2) is 5.79. The Kier molecular flexibility index (Phi) is 4.00. The summed E-state index contributed by atoms with van der Waals surface area (Å²) in [4.78, 5) is 19.0. The third kappa shape index (κ3) is 3.28. The monoisotopic (exact) mass is 356 g/mol. The van der Waals surface area contributed by atoms with Gasteiger partial charge in [0.1, 0.15) is 0 Å². The van der Waals surface area contributed by atoms with Gasteiger partial charge in [-0.3, -0.25) is 9.78 Å². The quantitative estimate of drug-likeness (QED) is 0.904. The van der Waals surface area contributed by atoms with E-state index >= 15 is 0 Å². The number of aliphatic hydroxyl groups is 1. The number of amides is 1. The SMILES string of the molecule is CC(C)(C)c1ccnc(CC2CC3(C2)CN(C(=O)[C@H]2C[C@@](C)(O)C2)C3)c1. The molecule has 3 aliphatic rings. The first-order valence-electron chi connectivity index (χ1n) is 10.0. The molecule has 1 saturated heterocycles. The van der Waals surface area contributed by atoms with Gasteiger partial charge in [0.15, 0.2) is 0 Å². The van der Waals surface area contributed by atoms with Crippen LogP contribution < -0.4 is 0 Å². The Bertz CT molecular complexity index is 697. The highest BCUT2D eigenvalue weighted by molar-refractivity contribution is 5.81. The van der Waals surface area contributed by atoms with E-state index in [1.807, 2.05) is 18.0 Å². The van der Waals surface area contributed by atoms with Gasteiger partial charge in [0.25, 0.3) is 0 Å². The van der Waals surface area contributed by atoms with Crippen LogP contribution in [0.3, 0.4) is 0 Å². The minimum Gasteiger partial charge on any atom is -0.390 e. The lowest BCUT2D eigenvalue weighted by molar-refractivity contribution is -0.171. The summed E-state index contributed by atoms with van der Waals surface area (Å²) in [6, 6.07) is 4.39. The van der Waals surface area contributed by atoms with Gasteiger partial charge in [0.05, 0.1) is 5.60 Å². The Hall–Kier alpha value is -1.42. The van der Waals surface area contributed by atoms with Crippen molar-refractivity contribution < 1.29 is 9.90 Å². The molecular formula is C22H32N2O2. The first-order valence-corrected chi connectivity index (χ1v) is 10.0. The molecule has 1 N–H and O–H groups in total. The standard InChI is InChI=1S/C22H32N2O2/c1-20(2,3)17-5-6-23-18(8-17)7-15-9-22(10-15)13-24(14-22)19(25)16-11-21(4,26)12-16/h5-6,8,15-16,26H,7,9-14H2,1-4H3/t16-,21+. The maximum atomic E-state index is 12.4. The number of likely N-dealkylation sites (tertiary alicyclic amines) is 1. The molecule has 2 heterocycles. The molecule has 4 rings (SSSR count). The molecule has 1 aromatic heterocycles. The summed E-state index contributed by atoms with van der Waals surface area (Å²) in [5, 5.41) is 9.83. The summed E-state index contributed by atoms with van der Waals surface area (Å²) in [5.74, 6) is 1.03. The van der Waals surface area contributed by atoms with Crippen molar-refractivity contribution in [2.45, 2.75) is 70.8 Å². The average molecular weight is 357 g/mol. The van der Waals surface area contributed by atoms with E-state index in [0.717, 1.165) is 19.5 Å². The van der Waals surface area contributed by atoms with E-state index in [0.29, 0.717) is 24.2 Å². The van der Waals surface area contributed by atoms with Crippen LogP contribution in [0, 0.1) is 17.3 Å². The highest BCUT2D eigenvalue weighted by Crippen LogP contribution is 2.53. The zero-order valence-electron chi connectivity index (χ0n) is 16.6. The van der Waals surface area contributed by atoms with Gasteiger partial charge in [-0.2, -0.15) is 0 Å². The molecule has 1 aliphatic heterocycles. The van der Waals surface area contributed by atoms with Crippen LogP contribution in [0.4, 0.5) is 0 Å². The van der Waals surface area contributed by atoms with Gasteiger partial charge in [0.2, 0.25) is 5.91 Å². The van der Waals surface area contributed by atoms with Crippen molar-refractivity contribution in [1.82, 2.24) is 9.88 Å². The number of pyridine rings is 1. The summed E-state index contributed by atoms with van der Waals surface area (Å²) >= 11 is 0. The van der Waals surface area contributed by atoms with Crippen LogP contribution in [0.1, 0.15) is 64.6 Å². The van der Waals surface area contributed by atoms with E-state index in [1.54, 1.807) is 0 Å². The van der Waals surface area contributed by atoms with Gasteiger partial charge in [0, 0.05) is 36.3 Å². The Balaban J connectivity index is 1.25. The fourth-order valence-electron chi connectivity index (χ4n) is 5.27. The lowest BCUT2D eigenvalue weighted by Crippen LogP contribution is -2.66. The summed E-state index contributed by atoms with van der Waals surface area (Å²) < 4.78 is 0. The zero-order valence-corrected chi connectivity index (χ0v) is 16.6. The molecule has 0 bridgehead atoms. The second-order valence-electron chi connectivity index (χ2n) is 10.6. The predicted octanol–water partition coefficient (Wildman–Crippen LogP) is 3.32. The normalized spacial score (nSPS) is 30.5. The molecule has 2 aliphatic carbocycles. The predicted molar refractivity (Wildman–Crippen MR) is 102 cm³/mol. The van der Waals surface area contributed by atoms with Crippen LogP contribution >= 0.6 is 0 Å². The number of carbonyl (C=O) groups is 1. The molecule has 1 amide bonds. The molecule has 142 valence electrons. The molecule has 3 fully saturated rings. The average Bonchev–Trinajstić information content (AvgIpc) is 2.44. The van der Waals surface area contributed by atoms with Gasteiger partial charge in [-0.15, -0.1) is 0 Å². The minimum atomic E-state index is -0.612. The topological polar surface area (TPSA) is 53.4 Å². The molecule has 0 aromatic carbocycles. The van der Waals surface area contributed by atoms with E-state index in [1.165, 1.54) is 24.1 Å². The number of aromatic nitrogens is 1. The third-order valence-electron chi connectivity index (χ3n) is 6.71. The van der Waals surface area contributed by atoms with Crippen molar-refractivity contribution in [3.05, 3.63) is 29.6 Å². The van der Waals surface area contributed by atoms with Gasteiger partial charge in [-0.1, -0.05) is 20.8 Å². The highest BCUT2D eigenvalue weighted by Gasteiger charge is 2.55. The number of hydrogen-bond acceptors (Lipinski definition) is 3. The number of rotatable bonds is 3. The van der Waals surface area contributed by atoms with E-state index in [-0.39, 0.29) is 17.2 Å². The van der Waals surface area contributed by atoms with Crippen molar-refractivity contribution in [2.24, 2.45) is 17.3 Å². The van der Waals surface area contributed by atoms with Crippen molar-refractivity contribution in [3.8, 4) is 0 Å². The Morgan fingerprint density at radius 2 is 1.92 bits per heavy atom. The Morgan fingerprint density at radius 1 is 1.27 bits per heavy atom. The summed E-state index contributed by atoms with van der Waals surface area (Å²) in [6.07, 6.45) is 6.72. The summed E-state index contributed by atoms with van der Waals surface area (Å²) in [7, 11) is 0. The Labute approximate surface area is 157 Å². The molecule has 26 heavy (non-hydrogen) atoms.